The van der Waals surface area contributed by atoms with Crippen molar-refractivity contribution in [3.63, 3.8) is 0 Å². The number of hydrogen-bond acceptors (Lipinski definition) is 6. The summed E-state index contributed by atoms with van der Waals surface area (Å²) in [5.74, 6) is 0.624. The van der Waals surface area contributed by atoms with Crippen LogP contribution in [0.4, 0.5) is 11.6 Å². The van der Waals surface area contributed by atoms with E-state index >= 15 is 0 Å². The fourth-order valence-electron chi connectivity index (χ4n) is 1.56. The van der Waals surface area contributed by atoms with Crippen molar-refractivity contribution in [2.45, 2.75) is 17.3 Å². The maximum atomic E-state index is 12.2. The van der Waals surface area contributed by atoms with Crippen molar-refractivity contribution in [3.05, 3.63) is 42.0 Å². The zero-order chi connectivity index (χ0) is 13.8. The molecule has 2 rings (SSSR count). The Balaban J connectivity index is 2.13. The van der Waals surface area contributed by atoms with Crippen LogP contribution in [-0.2, 0) is 0 Å². The number of aromatic nitrogens is 2. The lowest BCUT2D eigenvalue weighted by molar-refractivity contribution is 0.0994. The third kappa shape index (κ3) is 3.45. The van der Waals surface area contributed by atoms with E-state index in [0.29, 0.717) is 22.4 Å². The Kier molecular flexibility index (Phi) is 4.01. The molecule has 0 fully saturated rings. The third-order valence-corrected chi connectivity index (χ3v) is 3.42. The highest BCUT2D eigenvalue weighted by Crippen LogP contribution is 2.24. The van der Waals surface area contributed by atoms with Gasteiger partial charge in [0.2, 0.25) is 0 Å². The molecule has 0 amide bonds. The quantitative estimate of drug-likeness (QED) is 0.503. The van der Waals surface area contributed by atoms with Gasteiger partial charge in [0.15, 0.2) is 10.9 Å². The fraction of sp³-hybridized carbons (Fsp3) is 0.154. The predicted molar refractivity (Wildman–Crippen MR) is 76.9 cm³/mol. The number of nitrogens with zero attached hydrogens (tertiary/aromatic N) is 2. The average molecular weight is 274 g/mol. The molecule has 0 spiro atoms. The lowest BCUT2D eigenvalue weighted by atomic mass is 10.1. The summed E-state index contributed by atoms with van der Waals surface area (Å²) < 4.78 is 0. The minimum atomic E-state index is -0.302. The Bertz CT molecular complexity index is 568. The highest BCUT2D eigenvalue weighted by atomic mass is 32.2. The molecule has 2 aromatic rings. The second kappa shape index (κ2) is 5.71. The van der Waals surface area contributed by atoms with Gasteiger partial charge in [0, 0.05) is 11.6 Å². The van der Waals surface area contributed by atoms with E-state index < -0.39 is 0 Å². The smallest absolute Gasteiger partial charge is 0.192 e. The monoisotopic (exact) mass is 274 g/mol. The minimum Gasteiger partial charge on any atom is -0.383 e. The first-order chi connectivity index (χ1) is 9.06. The topological polar surface area (TPSA) is 94.9 Å². The molecule has 0 aliphatic rings. The Morgan fingerprint density at radius 2 is 1.74 bits per heavy atom. The van der Waals surface area contributed by atoms with Crippen LogP contribution in [0.3, 0.4) is 0 Å². The van der Waals surface area contributed by atoms with Gasteiger partial charge in [0.25, 0.3) is 0 Å². The summed E-state index contributed by atoms with van der Waals surface area (Å²) in [6.07, 6.45) is 0. The van der Waals surface area contributed by atoms with Gasteiger partial charge in [-0.3, -0.25) is 4.79 Å². The Morgan fingerprint density at radius 1 is 1.16 bits per heavy atom. The summed E-state index contributed by atoms with van der Waals surface area (Å²) in [5, 5.41) is 0.109. The van der Waals surface area contributed by atoms with Crippen LogP contribution in [0, 0.1) is 0 Å². The number of nitrogens with two attached hydrogens (primary N) is 2. The van der Waals surface area contributed by atoms with E-state index in [1.54, 1.807) is 12.1 Å². The van der Waals surface area contributed by atoms with Gasteiger partial charge in [0.05, 0.1) is 5.25 Å². The second-order valence-corrected chi connectivity index (χ2v) is 5.30. The van der Waals surface area contributed by atoms with Crippen molar-refractivity contribution < 1.29 is 4.79 Å². The maximum Gasteiger partial charge on any atom is 0.192 e. The van der Waals surface area contributed by atoms with Crippen molar-refractivity contribution in [1.29, 1.82) is 0 Å². The maximum absolute atomic E-state index is 12.2. The van der Waals surface area contributed by atoms with Crippen molar-refractivity contribution in [2.75, 3.05) is 11.5 Å². The number of carbonyl (C=O) groups excluding carboxylic acids is 1. The first-order valence-corrected chi connectivity index (χ1v) is 6.60. The van der Waals surface area contributed by atoms with E-state index in [1.165, 1.54) is 17.8 Å². The summed E-state index contributed by atoms with van der Waals surface area (Å²) in [7, 11) is 0. The fourth-order valence-corrected chi connectivity index (χ4v) is 2.44. The zero-order valence-electron chi connectivity index (χ0n) is 10.4. The van der Waals surface area contributed by atoms with Gasteiger partial charge < -0.3 is 11.5 Å². The number of ketones is 1. The molecule has 0 saturated heterocycles. The van der Waals surface area contributed by atoms with Gasteiger partial charge in [-0.15, -0.1) is 0 Å². The van der Waals surface area contributed by atoms with Gasteiger partial charge in [-0.25, -0.2) is 9.97 Å². The predicted octanol–water partition coefficient (Wildman–Crippen LogP) is 2.00. The first-order valence-electron chi connectivity index (χ1n) is 5.72. The summed E-state index contributed by atoms with van der Waals surface area (Å²) in [5.41, 5.74) is 11.9. The normalized spacial score (nSPS) is 12.1. The molecule has 1 aromatic carbocycles. The number of benzene rings is 1. The summed E-state index contributed by atoms with van der Waals surface area (Å²) >= 11 is 1.24. The highest BCUT2D eigenvalue weighted by molar-refractivity contribution is 8.00. The van der Waals surface area contributed by atoms with E-state index in [2.05, 4.69) is 9.97 Å². The van der Waals surface area contributed by atoms with Crippen molar-refractivity contribution >= 4 is 29.2 Å². The molecule has 19 heavy (non-hydrogen) atoms. The van der Waals surface area contributed by atoms with Gasteiger partial charge >= 0.3 is 0 Å². The number of hydrogen-bond donors (Lipinski definition) is 2. The molecule has 98 valence electrons. The molecule has 1 heterocycles. The molecule has 4 N–H and O–H groups in total. The Labute approximate surface area is 115 Å². The molecule has 0 unspecified atom stereocenters. The number of Topliss-reactive ketones (excluding diaryl/α,β-unsaturated/α-hetero) is 1. The molecule has 0 saturated carbocycles. The Morgan fingerprint density at radius 3 is 2.32 bits per heavy atom. The van der Waals surface area contributed by atoms with Crippen LogP contribution in [0.25, 0.3) is 0 Å². The molecule has 0 bridgehead atoms. The van der Waals surface area contributed by atoms with Crippen molar-refractivity contribution in [3.8, 4) is 0 Å². The van der Waals surface area contributed by atoms with Crippen LogP contribution in [0.2, 0.25) is 0 Å². The molecule has 6 heteroatoms. The van der Waals surface area contributed by atoms with E-state index in [-0.39, 0.29) is 11.0 Å². The number of nitrogen functional groups attached to an aromatic ring is 2. The van der Waals surface area contributed by atoms with Crippen LogP contribution in [0.1, 0.15) is 17.3 Å². The van der Waals surface area contributed by atoms with Gasteiger partial charge in [-0.05, 0) is 6.92 Å². The second-order valence-electron chi connectivity index (χ2n) is 3.99. The Hall–Kier alpha value is -2.08. The number of thioether (sulfide) groups is 1. The molecule has 1 atom stereocenters. The summed E-state index contributed by atoms with van der Waals surface area (Å²) in [4.78, 5) is 20.3. The van der Waals surface area contributed by atoms with Crippen LogP contribution < -0.4 is 11.5 Å². The van der Waals surface area contributed by atoms with E-state index in [4.69, 9.17) is 11.5 Å². The van der Waals surface area contributed by atoms with Gasteiger partial charge in [-0.2, -0.15) is 0 Å². The summed E-state index contributed by atoms with van der Waals surface area (Å²) in [6, 6.07) is 10.6. The SMILES string of the molecule is C[C@H](Sc1nc(N)cc(N)n1)C(=O)c1ccccc1. The van der Waals surface area contributed by atoms with Crippen LogP contribution in [0.5, 0.6) is 0 Å². The van der Waals surface area contributed by atoms with E-state index in [1.807, 2.05) is 25.1 Å². The molecular weight excluding hydrogens is 260 g/mol. The van der Waals surface area contributed by atoms with Gasteiger partial charge in [0.1, 0.15) is 11.6 Å². The van der Waals surface area contributed by atoms with Crippen molar-refractivity contribution in [2.24, 2.45) is 0 Å². The van der Waals surface area contributed by atoms with E-state index in [9.17, 15) is 4.79 Å². The average Bonchev–Trinajstić information content (AvgIpc) is 2.37. The largest absolute Gasteiger partial charge is 0.383 e. The molecule has 1 aromatic heterocycles. The highest BCUT2D eigenvalue weighted by Gasteiger charge is 2.17. The molecule has 0 radical (unpaired) electrons. The molecule has 0 aliphatic carbocycles. The first kappa shape index (κ1) is 13.4. The number of anilines is 2. The summed E-state index contributed by atoms with van der Waals surface area (Å²) in [6.45, 7) is 1.81. The standard InChI is InChI=1S/C13H14N4OS/c1-8(12(18)9-5-3-2-4-6-9)19-13-16-10(14)7-11(15)17-13/h2-8H,1H3,(H4,14,15,16,17)/t8-/m0/s1. The minimum absolute atomic E-state index is 0.0233. The zero-order valence-corrected chi connectivity index (χ0v) is 11.2. The van der Waals surface area contributed by atoms with Crippen LogP contribution in [0.15, 0.2) is 41.6 Å². The van der Waals surface area contributed by atoms with Crippen LogP contribution >= 0.6 is 11.8 Å². The lowest BCUT2D eigenvalue weighted by Gasteiger charge is -2.09. The molecule has 5 nitrogen and oxygen atoms in total. The third-order valence-electron chi connectivity index (χ3n) is 2.45. The lowest BCUT2D eigenvalue weighted by Crippen LogP contribution is -2.14. The van der Waals surface area contributed by atoms with Crippen molar-refractivity contribution in [1.82, 2.24) is 9.97 Å². The number of carbonyl (C=O) groups is 1. The molecule has 0 aliphatic heterocycles. The van der Waals surface area contributed by atoms with Crippen LogP contribution in [-0.4, -0.2) is 21.0 Å². The molecular formula is C13H14N4OS. The van der Waals surface area contributed by atoms with Gasteiger partial charge in [-0.1, -0.05) is 42.1 Å². The number of rotatable bonds is 4. The van der Waals surface area contributed by atoms with E-state index in [0.717, 1.165) is 0 Å².